The zero-order chi connectivity index (χ0) is 24.7. The standard InChI is InChI=1S/C26H32N2O6/c1-26(2,16-29)12-7-13-27-24(32)22(14-23(30)31)28-25(33)34-15-21-19-10-5-3-8-17(19)18-9-4-6-11-20(18)21/h3-6,8-11,21-22,29H,7,12-16H2,1-2H3,(H,27,32)(H,28,33)(H,30,31). The minimum absolute atomic E-state index is 0.0337. The van der Waals surface area contributed by atoms with E-state index in [4.69, 9.17) is 4.74 Å². The Bertz CT molecular complexity index is 990. The van der Waals surface area contributed by atoms with Crippen molar-refractivity contribution in [1.82, 2.24) is 10.6 Å². The van der Waals surface area contributed by atoms with Crippen LogP contribution in [0.3, 0.4) is 0 Å². The molecule has 1 aliphatic carbocycles. The van der Waals surface area contributed by atoms with Crippen LogP contribution in [0.5, 0.6) is 0 Å². The van der Waals surface area contributed by atoms with Crippen LogP contribution in [-0.2, 0) is 14.3 Å². The molecule has 0 saturated carbocycles. The number of carbonyl (C=O) groups is 3. The topological polar surface area (TPSA) is 125 Å². The number of carbonyl (C=O) groups excluding carboxylic acids is 2. The van der Waals surface area contributed by atoms with E-state index in [2.05, 4.69) is 10.6 Å². The van der Waals surface area contributed by atoms with Gasteiger partial charge in [-0.2, -0.15) is 0 Å². The molecule has 3 rings (SSSR count). The van der Waals surface area contributed by atoms with Gasteiger partial charge in [0.1, 0.15) is 12.6 Å². The number of nitrogens with one attached hydrogen (secondary N) is 2. The fourth-order valence-electron chi connectivity index (χ4n) is 4.15. The lowest BCUT2D eigenvalue weighted by Crippen LogP contribution is -2.48. The lowest BCUT2D eigenvalue weighted by molar-refractivity contribution is -0.139. The largest absolute Gasteiger partial charge is 0.481 e. The number of carboxylic acid groups (broad SMARTS) is 1. The van der Waals surface area contributed by atoms with Gasteiger partial charge in [0, 0.05) is 19.1 Å². The van der Waals surface area contributed by atoms with E-state index in [1.165, 1.54) is 0 Å². The molecule has 4 N–H and O–H groups in total. The average molecular weight is 469 g/mol. The zero-order valence-corrected chi connectivity index (χ0v) is 19.5. The van der Waals surface area contributed by atoms with Gasteiger partial charge in [-0.15, -0.1) is 0 Å². The smallest absolute Gasteiger partial charge is 0.407 e. The highest BCUT2D eigenvalue weighted by Gasteiger charge is 2.30. The highest BCUT2D eigenvalue weighted by atomic mass is 16.5. The Balaban J connectivity index is 1.57. The molecule has 0 bridgehead atoms. The van der Waals surface area contributed by atoms with Crippen LogP contribution in [0, 0.1) is 5.41 Å². The number of aliphatic hydroxyl groups excluding tert-OH is 1. The summed E-state index contributed by atoms with van der Waals surface area (Å²) in [7, 11) is 0. The van der Waals surface area contributed by atoms with Crippen LogP contribution >= 0.6 is 0 Å². The van der Waals surface area contributed by atoms with Crippen molar-refractivity contribution in [3.8, 4) is 11.1 Å². The van der Waals surface area contributed by atoms with Gasteiger partial charge in [0.15, 0.2) is 0 Å². The van der Waals surface area contributed by atoms with Crippen LogP contribution in [0.2, 0.25) is 0 Å². The Morgan fingerprint density at radius 1 is 1.03 bits per heavy atom. The number of aliphatic carboxylic acids is 1. The molecule has 2 aromatic carbocycles. The molecule has 0 aromatic heterocycles. The molecule has 0 fully saturated rings. The average Bonchev–Trinajstić information content (AvgIpc) is 3.13. The molecule has 1 unspecified atom stereocenters. The maximum Gasteiger partial charge on any atom is 0.407 e. The first kappa shape index (κ1) is 25.2. The van der Waals surface area contributed by atoms with Crippen LogP contribution in [-0.4, -0.2) is 54.0 Å². The van der Waals surface area contributed by atoms with Gasteiger partial charge in [0.05, 0.1) is 6.42 Å². The number of amides is 2. The molecular formula is C26H32N2O6. The molecule has 0 aliphatic heterocycles. The van der Waals surface area contributed by atoms with Gasteiger partial charge in [0.25, 0.3) is 0 Å². The van der Waals surface area contributed by atoms with Gasteiger partial charge in [0.2, 0.25) is 5.91 Å². The number of fused-ring (bicyclic) bond motifs is 3. The quantitative estimate of drug-likeness (QED) is 0.375. The predicted octanol–water partition coefficient (Wildman–Crippen LogP) is 3.28. The molecule has 1 aliphatic rings. The molecule has 2 aromatic rings. The Labute approximate surface area is 199 Å². The van der Waals surface area contributed by atoms with E-state index >= 15 is 0 Å². The van der Waals surface area contributed by atoms with Crippen molar-refractivity contribution in [2.75, 3.05) is 19.8 Å². The maximum atomic E-state index is 12.5. The number of ether oxygens (including phenoxy) is 1. The summed E-state index contributed by atoms with van der Waals surface area (Å²) in [5.74, 6) is -1.93. The Kier molecular flexibility index (Phi) is 8.28. The number of rotatable bonds is 11. The summed E-state index contributed by atoms with van der Waals surface area (Å²) in [6.07, 6.45) is -0.0975. The third-order valence-corrected chi connectivity index (χ3v) is 6.09. The van der Waals surface area contributed by atoms with Crippen LogP contribution in [0.1, 0.15) is 50.2 Å². The van der Waals surface area contributed by atoms with Gasteiger partial charge < -0.3 is 25.6 Å². The van der Waals surface area contributed by atoms with E-state index in [1.807, 2.05) is 62.4 Å². The summed E-state index contributed by atoms with van der Waals surface area (Å²) >= 11 is 0. The molecule has 8 heteroatoms. The molecule has 182 valence electrons. The first-order valence-corrected chi connectivity index (χ1v) is 11.4. The van der Waals surface area contributed by atoms with E-state index in [9.17, 15) is 24.6 Å². The van der Waals surface area contributed by atoms with E-state index in [-0.39, 0.29) is 24.5 Å². The van der Waals surface area contributed by atoms with Gasteiger partial charge in [-0.25, -0.2) is 4.79 Å². The lowest BCUT2D eigenvalue weighted by atomic mass is 9.89. The van der Waals surface area contributed by atoms with Crippen LogP contribution < -0.4 is 10.6 Å². The van der Waals surface area contributed by atoms with Gasteiger partial charge in [-0.05, 0) is 40.5 Å². The van der Waals surface area contributed by atoms with Crippen molar-refractivity contribution in [3.05, 3.63) is 59.7 Å². The van der Waals surface area contributed by atoms with Crippen molar-refractivity contribution in [2.45, 2.75) is 45.1 Å². The maximum absolute atomic E-state index is 12.5. The second kappa shape index (κ2) is 11.2. The van der Waals surface area contributed by atoms with E-state index < -0.39 is 30.4 Å². The van der Waals surface area contributed by atoms with Crippen LogP contribution in [0.4, 0.5) is 4.79 Å². The fourth-order valence-corrected chi connectivity index (χ4v) is 4.15. The molecular weight excluding hydrogens is 436 g/mol. The second-order valence-electron chi connectivity index (χ2n) is 9.34. The third-order valence-electron chi connectivity index (χ3n) is 6.09. The summed E-state index contributed by atoms with van der Waals surface area (Å²) < 4.78 is 5.44. The summed E-state index contributed by atoms with van der Waals surface area (Å²) in [6.45, 7) is 4.25. The Morgan fingerprint density at radius 2 is 1.62 bits per heavy atom. The number of hydrogen-bond acceptors (Lipinski definition) is 5. The third kappa shape index (κ3) is 6.35. The molecule has 0 heterocycles. The van der Waals surface area contributed by atoms with Gasteiger partial charge in [-0.1, -0.05) is 62.4 Å². The SMILES string of the molecule is CC(C)(CO)CCCNC(=O)C(CC(=O)O)NC(=O)OCC1c2ccccc2-c2ccccc21. The van der Waals surface area contributed by atoms with Crippen LogP contribution in [0.15, 0.2) is 48.5 Å². The number of aliphatic hydroxyl groups is 1. The number of alkyl carbamates (subject to hydrolysis) is 1. The van der Waals surface area contributed by atoms with Crippen molar-refractivity contribution in [1.29, 1.82) is 0 Å². The van der Waals surface area contributed by atoms with Crippen molar-refractivity contribution < 1.29 is 29.3 Å². The van der Waals surface area contributed by atoms with Crippen molar-refractivity contribution in [3.63, 3.8) is 0 Å². The summed E-state index contributed by atoms with van der Waals surface area (Å²) in [4.78, 5) is 36.2. The zero-order valence-electron chi connectivity index (χ0n) is 19.5. The Hall–Kier alpha value is -3.39. The fraction of sp³-hybridized carbons (Fsp3) is 0.423. The Morgan fingerprint density at radius 3 is 2.18 bits per heavy atom. The highest BCUT2D eigenvalue weighted by Crippen LogP contribution is 2.44. The molecule has 0 spiro atoms. The monoisotopic (exact) mass is 468 g/mol. The molecule has 8 nitrogen and oxygen atoms in total. The normalized spacial score (nSPS) is 13.5. The van der Waals surface area contributed by atoms with Crippen molar-refractivity contribution >= 4 is 18.0 Å². The van der Waals surface area contributed by atoms with E-state index in [0.717, 1.165) is 22.3 Å². The summed E-state index contributed by atoms with van der Waals surface area (Å²) in [5.41, 5.74) is 4.05. The number of carboxylic acids is 1. The minimum Gasteiger partial charge on any atom is -0.481 e. The van der Waals surface area contributed by atoms with Gasteiger partial charge >= 0.3 is 12.1 Å². The molecule has 0 saturated heterocycles. The predicted molar refractivity (Wildman–Crippen MR) is 127 cm³/mol. The second-order valence-corrected chi connectivity index (χ2v) is 9.34. The lowest BCUT2D eigenvalue weighted by Gasteiger charge is -2.22. The molecule has 1 atom stereocenters. The van der Waals surface area contributed by atoms with Crippen molar-refractivity contribution in [2.24, 2.45) is 5.41 Å². The first-order valence-electron chi connectivity index (χ1n) is 11.4. The van der Waals surface area contributed by atoms with E-state index in [1.54, 1.807) is 0 Å². The first-order chi connectivity index (χ1) is 16.2. The summed E-state index contributed by atoms with van der Waals surface area (Å²) in [6, 6.07) is 14.6. The minimum atomic E-state index is -1.25. The highest BCUT2D eigenvalue weighted by molar-refractivity contribution is 5.89. The number of hydrogen-bond donors (Lipinski definition) is 4. The molecule has 0 radical (unpaired) electrons. The molecule has 2 amide bonds. The number of benzene rings is 2. The van der Waals surface area contributed by atoms with E-state index in [0.29, 0.717) is 19.4 Å². The molecule has 34 heavy (non-hydrogen) atoms. The van der Waals surface area contributed by atoms with Gasteiger partial charge in [-0.3, -0.25) is 9.59 Å². The van der Waals surface area contributed by atoms with Crippen LogP contribution in [0.25, 0.3) is 11.1 Å². The summed E-state index contributed by atoms with van der Waals surface area (Å²) in [5, 5.41) is 23.5.